The molecule has 1 saturated heterocycles. The van der Waals surface area contributed by atoms with Crippen molar-refractivity contribution < 1.29 is 37.4 Å². The Morgan fingerprint density at radius 2 is 1.77 bits per heavy atom. The predicted molar refractivity (Wildman–Crippen MR) is 139 cm³/mol. The Labute approximate surface area is 238 Å². The number of aliphatic carboxylic acids is 1. The Kier molecular flexibility index (Phi) is 8.82. The maximum absolute atomic E-state index is 14.3. The van der Waals surface area contributed by atoms with Gasteiger partial charge in [0.15, 0.2) is 11.5 Å². The third-order valence-corrected chi connectivity index (χ3v) is 8.37. The zero-order valence-corrected chi connectivity index (χ0v) is 23.3. The van der Waals surface area contributed by atoms with E-state index in [1.807, 2.05) is 6.92 Å². The minimum absolute atomic E-state index is 0.00177. The van der Waals surface area contributed by atoms with Gasteiger partial charge in [-0.2, -0.15) is 18.3 Å². The number of halogens is 5. The number of carboxylic acids is 1. The molecule has 1 amide bonds. The van der Waals surface area contributed by atoms with Crippen LogP contribution in [0.25, 0.3) is 0 Å². The lowest BCUT2D eigenvalue weighted by Gasteiger charge is -2.34. The number of carbonyl (C=O) groups is 3. The van der Waals surface area contributed by atoms with Crippen molar-refractivity contribution in [3.63, 3.8) is 0 Å². The maximum atomic E-state index is 14.3. The quantitative estimate of drug-likeness (QED) is 0.368. The van der Waals surface area contributed by atoms with Crippen LogP contribution in [0.2, 0.25) is 10.0 Å². The molecule has 2 aromatic rings. The smallest absolute Gasteiger partial charge is 0.433 e. The minimum Gasteiger partial charge on any atom is -0.481 e. The van der Waals surface area contributed by atoms with Crippen molar-refractivity contribution in [1.82, 2.24) is 20.1 Å². The summed E-state index contributed by atoms with van der Waals surface area (Å²) < 4.78 is 49.5. The van der Waals surface area contributed by atoms with Gasteiger partial charge in [-0.15, -0.1) is 0 Å². The molecule has 1 aliphatic heterocycles. The van der Waals surface area contributed by atoms with Gasteiger partial charge < -0.3 is 15.2 Å². The summed E-state index contributed by atoms with van der Waals surface area (Å²) in [7, 11) is 0. The summed E-state index contributed by atoms with van der Waals surface area (Å²) in [6, 6.07) is -1.70. The monoisotopic (exact) mass is 604 g/mol. The van der Waals surface area contributed by atoms with Crippen molar-refractivity contribution in [2.45, 2.75) is 89.3 Å². The second-order valence-electron chi connectivity index (χ2n) is 10.7. The number of nitrogens with zero attached hydrogens (tertiary/aromatic N) is 3. The second kappa shape index (κ2) is 11.7. The first-order chi connectivity index (χ1) is 18.7. The molecule has 1 unspecified atom stereocenters. The van der Waals surface area contributed by atoms with E-state index in [2.05, 4.69) is 15.4 Å². The van der Waals surface area contributed by atoms with Crippen LogP contribution in [0.5, 0.6) is 0 Å². The number of aromatic nitrogens is 3. The number of hydrogen-bond acceptors (Lipinski definition) is 6. The molecule has 0 radical (unpaired) electrons. The van der Waals surface area contributed by atoms with Crippen LogP contribution < -0.4 is 5.32 Å². The van der Waals surface area contributed by atoms with Crippen LogP contribution in [-0.4, -0.2) is 55.8 Å². The molecule has 0 spiro atoms. The molecule has 14 heteroatoms. The zero-order valence-electron chi connectivity index (χ0n) is 21.8. The van der Waals surface area contributed by atoms with E-state index in [-0.39, 0.29) is 53.8 Å². The number of hydrogen-bond donors (Lipinski definition) is 2. The number of Topliss-reactive ketones (excluding diaryl/α,β-unsaturated/α-hetero) is 1. The molecular weight excluding hydrogens is 576 g/mol. The van der Waals surface area contributed by atoms with Crippen LogP contribution in [0.4, 0.5) is 13.2 Å². The van der Waals surface area contributed by atoms with Crippen LogP contribution in [0.3, 0.4) is 0 Å². The molecule has 218 valence electrons. The number of nitrogens with one attached hydrogen (secondary N) is 1. The van der Waals surface area contributed by atoms with E-state index in [0.717, 1.165) is 10.9 Å². The predicted octanol–water partition coefficient (Wildman–Crippen LogP) is 5.75. The molecule has 1 saturated carbocycles. The molecule has 2 N–H and O–H groups in total. The van der Waals surface area contributed by atoms with Crippen molar-refractivity contribution in [1.29, 1.82) is 0 Å². The van der Waals surface area contributed by atoms with Crippen LogP contribution >= 0.6 is 23.2 Å². The number of alkyl halides is 3. The Bertz CT molecular complexity index is 1270. The molecule has 3 atom stereocenters. The second-order valence-corrected chi connectivity index (χ2v) is 11.5. The molecule has 40 heavy (non-hydrogen) atoms. The van der Waals surface area contributed by atoms with Gasteiger partial charge in [0, 0.05) is 18.8 Å². The number of carboxylic acid groups (broad SMARTS) is 1. The number of ketones is 1. The Balaban J connectivity index is 1.60. The SMILES string of the molecule is C[C@@H]1CC[C@@H](C(CC(=O)c2c(Cl)cncc2Cl)NC(=O)c2cnn(C3CCC(C)(C(=O)O)CC3)c2C(F)(F)F)O1. The van der Waals surface area contributed by atoms with Crippen molar-refractivity contribution in [3.8, 4) is 0 Å². The highest BCUT2D eigenvalue weighted by Crippen LogP contribution is 2.43. The van der Waals surface area contributed by atoms with Gasteiger partial charge in [0.25, 0.3) is 5.91 Å². The number of amides is 1. The lowest BCUT2D eigenvalue weighted by molar-refractivity contribution is -0.152. The number of rotatable bonds is 8. The zero-order chi connectivity index (χ0) is 29.4. The average Bonchev–Trinajstić information content (AvgIpc) is 3.51. The third kappa shape index (κ3) is 6.28. The first kappa shape index (κ1) is 30.3. The molecule has 4 rings (SSSR count). The highest BCUT2D eigenvalue weighted by Gasteiger charge is 2.45. The van der Waals surface area contributed by atoms with Crippen LogP contribution in [0.15, 0.2) is 18.6 Å². The van der Waals surface area contributed by atoms with Crippen LogP contribution in [-0.2, 0) is 15.7 Å². The largest absolute Gasteiger partial charge is 0.481 e. The van der Waals surface area contributed by atoms with Gasteiger partial charge in [0.05, 0.1) is 57.1 Å². The summed E-state index contributed by atoms with van der Waals surface area (Å²) >= 11 is 12.2. The van der Waals surface area contributed by atoms with Crippen molar-refractivity contribution in [2.75, 3.05) is 0 Å². The molecule has 2 fully saturated rings. The molecule has 9 nitrogen and oxygen atoms in total. The molecule has 2 aliphatic rings. The fourth-order valence-electron chi connectivity index (χ4n) is 5.42. The van der Waals surface area contributed by atoms with Crippen LogP contribution in [0.1, 0.15) is 91.2 Å². The van der Waals surface area contributed by atoms with Gasteiger partial charge in [-0.3, -0.25) is 24.0 Å². The molecule has 1 aliphatic carbocycles. The van der Waals surface area contributed by atoms with E-state index in [0.29, 0.717) is 12.8 Å². The highest BCUT2D eigenvalue weighted by molar-refractivity contribution is 6.39. The van der Waals surface area contributed by atoms with E-state index in [1.54, 1.807) is 6.92 Å². The summed E-state index contributed by atoms with van der Waals surface area (Å²) in [5, 5.41) is 16.0. The summed E-state index contributed by atoms with van der Waals surface area (Å²) in [6.07, 6.45) is -0.887. The summed E-state index contributed by atoms with van der Waals surface area (Å²) in [5.41, 5.74) is -2.94. The van der Waals surface area contributed by atoms with Gasteiger partial charge in [0.1, 0.15) is 0 Å². The summed E-state index contributed by atoms with van der Waals surface area (Å²) in [5.74, 6) is -2.58. The normalized spacial score (nSPS) is 25.9. The Morgan fingerprint density at radius 3 is 2.30 bits per heavy atom. The molecular formula is C26H29Cl2F3N4O5. The minimum atomic E-state index is -4.92. The number of pyridine rings is 1. The summed E-state index contributed by atoms with van der Waals surface area (Å²) in [4.78, 5) is 41.9. The van der Waals surface area contributed by atoms with Crippen LogP contribution in [0, 0.1) is 5.41 Å². The van der Waals surface area contributed by atoms with Gasteiger partial charge in [-0.1, -0.05) is 23.2 Å². The number of ether oxygens (including phenoxy) is 1. The van der Waals surface area contributed by atoms with Gasteiger partial charge in [-0.25, -0.2) is 0 Å². The fourth-order valence-corrected chi connectivity index (χ4v) is 5.99. The van der Waals surface area contributed by atoms with Crippen molar-refractivity contribution in [3.05, 3.63) is 45.5 Å². The van der Waals surface area contributed by atoms with Crippen molar-refractivity contribution >= 4 is 40.9 Å². The van der Waals surface area contributed by atoms with Gasteiger partial charge in [0.2, 0.25) is 0 Å². The summed E-state index contributed by atoms with van der Waals surface area (Å²) in [6.45, 7) is 3.39. The lowest BCUT2D eigenvalue weighted by Crippen LogP contribution is -2.45. The van der Waals surface area contributed by atoms with E-state index in [9.17, 15) is 32.7 Å². The molecule has 0 aromatic carbocycles. The third-order valence-electron chi connectivity index (χ3n) is 7.80. The van der Waals surface area contributed by atoms with E-state index >= 15 is 0 Å². The number of carbonyl (C=O) groups excluding carboxylic acids is 2. The van der Waals surface area contributed by atoms with Gasteiger partial charge in [-0.05, 0) is 52.4 Å². The molecule has 2 aromatic heterocycles. The highest BCUT2D eigenvalue weighted by atomic mass is 35.5. The standard InChI is InChI=1S/C26H29Cl2F3N4O5/c1-13-3-4-20(40-13)18(9-19(36)21-16(27)11-32-12-17(21)28)34-23(37)15-10-33-35(22(15)26(29,30)31)14-5-7-25(2,8-6-14)24(38)39/h10-14,18,20H,3-9H2,1-2H3,(H,34,37)(H,38,39)/t13-,14?,18?,20+,25?/m1/s1. The first-order valence-corrected chi connectivity index (χ1v) is 13.6. The first-order valence-electron chi connectivity index (χ1n) is 12.9. The Morgan fingerprint density at radius 1 is 1.15 bits per heavy atom. The van der Waals surface area contributed by atoms with Gasteiger partial charge >= 0.3 is 12.1 Å². The molecule has 0 bridgehead atoms. The van der Waals surface area contributed by atoms with E-state index < -0.39 is 58.7 Å². The van der Waals surface area contributed by atoms with E-state index in [4.69, 9.17) is 27.9 Å². The lowest BCUT2D eigenvalue weighted by atomic mass is 9.74. The van der Waals surface area contributed by atoms with E-state index in [1.165, 1.54) is 12.4 Å². The Hall–Kier alpha value is -2.70. The average molecular weight is 605 g/mol. The topological polar surface area (TPSA) is 123 Å². The van der Waals surface area contributed by atoms with Crippen molar-refractivity contribution in [2.24, 2.45) is 5.41 Å². The fraction of sp³-hybridized carbons (Fsp3) is 0.577. The molecule has 3 heterocycles. The maximum Gasteiger partial charge on any atom is 0.433 e.